The van der Waals surface area contributed by atoms with Crippen molar-refractivity contribution in [3.8, 4) is 5.75 Å². The van der Waals surface area contributed by atoms with Gasteiger partial charge in [-0.2, -0.15) is 0 Å². The number of rotatable bonds is 6. The molecule has 3 rings (SSSR count). The number of para-hydroxylation sites is 1. The van der Waals surface area contributed by atoms with E-state index in [0.717, 1.165) is 31.1 Å². The maximum Gasteiger partial charge on any atom is 0.223 e. The van der Waals surface area contributed by atoms with E-state index in [1.54, 1.807) is 0 Å². The van der Waals surface area contributed by atoms with Crippen LogP contribution in [0.15, 0.2) is 30.3 Å². The standard InChI is InChI=1S/C17H23NO2/c19-17(16-12-13-7-8-14(16)11-13)18-9-4-10-20-15-5-2-1-3-6-15/h1-3,5-6,13-14,16H,4,7-12H2,(H,18,19). The molecule has 1 aromatic carbocycles. The van der Waals surface area contributed by atoms with Crippen LogP contribution >= 0.6 is 0 Å². The van der Waals surface area contributed by atoms with Gasteiger partial charge in [-0.15, -0.1) is 0 Å². The summed E-state index contributed by atoms with van der Waals surface area (Å²) in [6.07, 6.45) is 5.88. The van der Waals surface area contributed by atoms with Crippen molar-refractivity contribution in [1.29, 1.82) is 0 Å². The molecule has 2 aliphatic carbocycles. The molecule has 1 N–H and O–H groups in total. The molecule has 108 valence electrons. The van der Waals surface area contributed by atoms with Crippen LogP contribution in [0.3, 0.4) is 0 Å². The fourth-order valence-corrected chi connectivity index (χ4v) is 3.69. The monoisotopic (exact) mass is 273 g/mol. The second-order valence-corrected chi connectivity index (χ2v) is 6.09. The highest BCUT2D eigenvalue weighted by molar-refractivity contribution is 5.79. The molecular formula is C17H23NO2. The number of carbonyl (C=O) groups is 1. The predicted molar refractivity (Wildman–Crippen MR) is 78.5 cm³/mol. The maximum atomic E-state index is 12.1. The lowest BCUT2D eigenvalue weighted by molar-refractivity contribution is -0.126. The average molecular weight is 273 g/mol. The van der Waals surface area contributed by atoms with Gasteiger partial charge in [0, 0.05) is 12.5 Å². The highest BCUT2D eigenvalue weighted by atomic mass is 16.5. The fraction of sp³-hybridized carbons (Fsp3) is 0.588. The summed E-state index contributed by atoms with van der Waals surface area (Å²) < 4.78 is 5.61. The molecule has 0 aliphatic heterocycles. The molecule has 3 nitrogen and oxygen atoms in total. The molecule has 1 amide bonds. The first-order valence-electron chi connectivity index (χ1n) is 7.78. The Labute approximate surface area is 120 Å². The van der Waals surface area contributed by atoms with Crippen molar-refractivity contribution in [3.63, 3.8) is 0 Å². The molecule has 3 atom stereocenters. The summed E-state index contributed by atoms with van der Waals surface area (Å²) in [6.45, 7) is 1.38. The number of nitrogens with one attached hydrogen (secondary N) is 1. The Morgan fingerprint density at radius 3 is 2.75 bits per heavy atom. The van der Waals surface area contributed by atoms with Crippen LogP contribution in [0, 0.1) is 17.8 Å². The topological polar surface area (TPSA) is 38.3 Å². The van der Waals surface area contributed by atoms with E-state index in [4.69, 9.17) is 4.74 Å². The smallest absolute Gasteiger partial charge is 0.223 e. The van der Waals surface area contributed by atoms with Crippen LogP contribution in [0.5, 0.6) is 5.75 Å². The molecule has 3 heteroatoms. The number of hydrogen-bond donors (Lipinski definition) is 1. The largest absolute Gasteiger partial charge is 0.494 e. The molecule has 0 aromatic heterocycles. The van der Waals surface area contributed by atoms with Gasteiger partial charge in [0.15, 0.2) is 0 Å². The Balaban J connectivity index is 1.31. The number of fused-ring (bicyclic) bond motifs is 2. The van der Waals surface area contributed by atoms with Gasteiger partial charge in [-0.1, -0.05) is 24.6 Å². The van der Waals surface area contributed by atoms with E-state index >= 15 is 0 Å². The minimum atomic E-state index is 0.275. The van der Waals surface area contributed by atoms with Gasteiger partial charge in [-0.05, 0) is 49.7 Å². The first-order valence-corrected chi connectivity index (χ1v) is 7.78. The number of carbonyl (C=O) groups excluding carboxylic acids is 1. The maximum absolute atomic E-state index is 12.1. The van der Waals surface area contributed by atoms with Gasteiger partial charge in [-0.3, -0.25) is 4.79 Å². The van der Waals surface area contributed by atoms with Crippen molar-refractivity contribution in [1.82, 2.24) is 5.32 Å². The number of hydrogen-bond acceptors (Lipinski definition) is 2. The summed E-state index contributed by atoms with van der Waals surface area (Å²) in [7, 11) is 0. The number of ether oxygens (including phenoxy) is 1. The van der Waals surface area contributed by atoms with Gasteiger partial charge < -0.3 is 10.1 Å². The minimum Gasteiger partial charge on any atom is -0.494 e. The fourth-order valence-electron chi connectivity index (χ4n) is 3.69. The van der Waals surface area contributed by atoms with Gasteiger partial charge in [0.1, 0.15) is 5.75 Å². The van der Waals surface area contributed by atoms with Crippen molar-refractivity contribution in [2.45, 2.75) is 32.1 Å². The lowest BCUT2D eigenvalue weighted by Crippen LogP contribution is -2.34. The van der Waals surface area contributed by atoms with Crippen molar-refractivity contribution >= 4 is 5.91 Å². The molecular weight excluding hydrogens is 250 g/mol. The van der Waals surface area contributed by atoms with Crippen LogP contribution in [0.4, 0.5) is 0 Å². The van der Waals surface area contributed by atoms with Gasteiger partial charge in [0.05, 0.1) is 6.61 Å². The average Bonchev–Trinajstić information content (AvgIpc) is 3.10. The number of amides is 1. The van der Waals surface area contributed by atoms with Crippen molar-refractivity contribution in [3.05, 3.63) is 30.3 Å². The summed E-state index contributed by atoms with van der Waals surface area (Å²) in [5.41, 5.74) is 0. The lowest BCUT2D eigenvalue weighted by Gasteiger charge is -2.20. The molecule has 2 saturated carbocycles. The van der Waals surface area contributed by atoms with E-state index in [2.05, 4.69) is 5.32 Å². The van der Waals surface area contributed by atoms with E-state index in [1.165, 1.54) is 19.3 Å². The normalized spacial score (nSPS) is 27.5. The summed E-state index contributed by atoms with van der Waals surface area (Å²) in [4.78, 5) is 12.1. The quantitative estimate of drug-likeness (QED) is 0.809. The van der Waals surface area contributed by atoms with Crippen LogP contribution in [-0.4, -0.2) is 19.1 Å². The molecule has 0 spiro atoms. The van der Waals surface area contributed by atoms with E-state index in [-0.39, 0.29) is 5.91 Å². The molecule has 3 unspecified atom stereocenters. The summed E-state index contributed by atoms with van der Waals surface area (Å²) in [6, 6.07) is 9.81. The molecule has 0 radical (unpaired) electrons. The zero-order valence-corrected chi connectivity index (χ0v) is 11.9. The Morgan fingerprint density at radius 1 is 1.20 bits per heavy atom. The second kappa shape index (κ2) is 6.29. The Morgan fingerprint density at radius 2 is 2.05 bits per heavy atom. The van der Waals surface area contributed by atoms with Gasteiger partial charge in [-0.25, -0.2) is 0 Å². The third-order valence-electron chi connectivity index (χ3n) is 4.71. The molecule has 2 aliphatic rings. The zero-order chi connectivity index (χ0) is 13.8. The summed E-state index contributed by atoms with van der Waals surface area (Å²) in [5, 5.41) is 3.08. The van der Waals surface area contributed by atoms with Crippen LogP contribution in [-0.2, 0) is 4.79 Å². The van der Waals surface area contributed by atoms with Crippen LogP contribution in [0.1, 0.15) is 32.1 Å². The van der Waals surface area contributed by atoms with Crippen molar-refractivity contribution in [2.75, 3.05) is 13.2 Å². The van der Waals surface area contributed by atoms with Crippen LogP contribution in [0.25, 0.3) is 0 Å². The van der Waals surface area contributed by atoms with E-state index in [9.17, 15) is 4.79 Å². The lowest BCUT2D eigenvalue weighted by atomic mass is 9.88. The first-order chi connectivity index (χ1) is 9.83. The second-order valence-electron chi connectivity index (χ2n) is 6.09. The van der Waals surface area contributed by atoms with Crippen LogP contribution < -0.4 is 10.1 Å². The van der Waals surface area contributed by atoms with E-state index in [1.807, 2.05) is 30.3 Å². The Bertz CT molecular complexity index is 446. The minimum absolute atomic E-state index is 0.275. The van der Waals surface area contributed by atoms with Gasteiger partial charge in [0.25, 0.3) is 0 Å². The molecule has 1 aromatic rings. The van der Waals surface area contributed by atoms with E-state index in [0.29, 0.717) is 18.4 Å². The summed E-state index contributed by atoms with van der Waals surface area (Å²) in [5.74, 6) is 2.96. The number of benzene rings is 1. The predicted octanol–water partition coefficient (Wildman–Crippen LogP) is 3.01. The third kappa shape index (κ3) is 3.14. The molecule has 20 heavy (non-hydrogen) atoms. The Kier molecular flexibility index (Phi) is 4.24. The SMILES string of the molecule is O=C(NCCCOc1ccccc1)C1CC2CCC1C2. The Hall–Kier alpha value is -1.51. The van der Waals surface area contributed by atoms with Gasteiger partial charge >= 0.3 is 0 Å². The third-order valence-corrected chi connectivity index (χ3v) is 4.71. The molecule has 2 bridgehead atoms. The summed E-state index contributed by atoms with van der Waals surface area (Å²) >= 11 is 0. The highest BCUT2D eigenvalue weighted by Gasteiger charge is 2.42. The van der Waals surface area contributed by atoms with Crippen LogP contribution in [0.2, 0.25) is 0 Å². The van der Waals surface area contributed by atoms with Crippen molar-refractivity contribution in [2.24, 2.45) is 17.8 Å². The molecule has 0 saturated heterocycles. The zero-order valence-electron chi connectivity index (χ0n) is 11.9. The van der Waals surface area contributed by atoms with Gasteiger partial charge in [0.2, 0.25) is 5.91 Å². The van der Waals surface area contributed by atoms with E-state index < -0.39 is 0 Å². The highest BCUT2D eigenvalue weighted by Crippen LogP contribution is 2.48. The van der Waals surface area contributed by atoms with Crippen molar-refractivity contribution < 1.29 is 9.53 Å². The molecule has 0 heterocycles. The first kappa shape index (κ1) is 13.5. The molecule has 2 fully saturated rings.